The molecule has 0 bridgehead atoms. The molecular weight excluding hydrogens is 215 g/mol. The molecule has 0 aromatic heterocycles. The summed E-state index contributed by atoms with van der Waals surface area (Å²) < 4.78 is 12.4. The molecule has 1 saturated heterocycles. The van der Waals surface area contributed by atoms with Crippen molar-refractivity contribution >= 4 is 0 Å². The first-order valence-corrected chi connectivity index (χ1v) is 7.06. The van der Waals surface area contributed by atoms with E-state index in [1.165, 1.54) is 6.42 Å². The first-order chi connectivity index (χ1) is 8.01. The minimum Gasteiger partial charge on any atom is -0.311 e. The Bertz CT molecular complexity index is 220. The van der Waals surface area contributed by atoms with E-state index in [1.54, 1.807) is 0 Å². The third-order valence-electron chi connectivity index (χ3n) is 4.06. The monoisotopic (exact) mass is 244 g/mol. The number of piperazine rings is 1. The van der Waals surface area contributed by atoms with Gasteiger partial charge in [-0.15, -0.1) is 0 Å². The van der Waals surface area contributed by atoms with Crippen LogP contribution in [0.2, 0.25) is 0 Å². The van der Waals surface area contributed by atoms with Crippen LogP contribution in [0, 0.1) is 5.92 Å². The highest BCUT2D eigenvalue weighted by Crippen LogP contribution is 2.24. The lowest BCUT2D eigenvalue weighted by Crippen LogP contribution is -2.63. The molecule has 2 nitrogen and oxygen atoms in total. The second-order valence-corrected chi connectivity index (χ2v) is 6.05. The van der Waals surface area contributed by atoms with Crippen molar-refractivity contribution in [2.45, 2.75) is 58.5 Å². The molecule has 0 aromatic rings. The van der Waals surface area contributed by atoms with Crippen LogP contribution >= 0.6 is 0 Å². The first kappa shape index (κ1) is 14.9. The predicted molar refractivity (Wildman–Crippen MR) is 72.1 cm³/mol. The van der Waals surface area contributed by atoms with Gasteiger partial charge in [0.15, 0.2) is 0 Å². The molecule has 0 aromatic carbocycles. The van der Waals surface area contributed by atoms with Gasteiger partial charge in [-0.05, 0) is 32.1 Å². The van der Waals surface area contributed by atoms with Crippen LogP contribution in [0.25, 0.3) is 0 Å². The zero-order chi connectivity index (χ0) is 12.9. The van der Waals surface area contributed by atoms with Crippen molar-refractivity contribution in [3.63, 3.8) is 0 Å². The summed E-state index contributed by atoms with van der Waals surface area (Å²) in [6, 6.07) is 0.578. The van der Waals surface area contributed by atoms with E-state index >= 15 is 0 Å². The molecule has 0 spiro atoms. The van der Waals surface area contributed by atoms with Gasteiger partial charge in [0, 0.05) is 31.2 Å². The summed E-state index contributed by atoms with van der Waals surface area (Å²) >= 11 is 0. The maximum absolute atomic E-state index is 12.4. The molecule has 0 saturated carbocycles. The standard InChI is InChI=1S/C14H29FN2/c1-5-14(4)11-16-13(9-12(2)3)10-17(14)8-6-7-15/h12-13,16H,5-11H2,1-4H3. The molecule has 0 radical (unpaired) electrons. The Kier molecular flexibility index (Phi) is 5.87. The van der Waals surface area contributed by atoms with Gasteiger partial charge in [-0.2, -0.15) is 0 Å². The fraction of sp³-hybridized carbons (Fsp3) is 1.00. The van der Waals surface area contributed by atoms with Crippen LogP contribution in [-0.4, -0.2) is 42.8 Å². The van der Waals surface area contributed by atoms with Crippen LogP contribution < -0.4 is 5.32 Å². The van der Waals surface area contributed by atoms with E-state index in [1.807, 2.05) is 0 Å². The zero-order valence-corrected chi connectivity index (χ0v) is 11.9. The normalized spacial score (nSPS) is 31.1. The average molecular weight is 244 g/mol. The van der Waals surface area contributed by atoms with Crippen LogP contribution in [0.1, 0.15) is 47.0 Å². The fourth-order valence-corrected chi connectivity index (χ4v) is 2.71. The number of hydrogen-bond acceptors (Lipinski definition) is 2. The van der Waals surface area contributed by atoms with Crippen LogP contribution in [0.4, 0.5) is 4.39 Å². The molecule has 2 unspecified atom stereocenters. The van der Waals surface area contributed by atoms with Crippen molar-refractivity contribution in [1.29, 1.82) is 0 Å². The number of alkyl halides is 1. The smallest absolute Gasteiger partial charge is 0.0906 e. The lowest BCUT2D eigenvalue weighted by molar-refractivity contribution is 0.0419. The number of nitrogens with zero attached hydrogens (tertiary/aromatic N) is 1. The number of rotatable bonds is 6. The van der Waals surface area contributed by atoms with E-state index in [-0.39, 0.29) is 12.2 Å². The van der Waals surface area contributed by atoms with Gasteiger partial charge < -0.3 is 5.32 Å². The second-order valence-electron chi connectivity index (χ2n) is 6.05. The zero-order valence-electron chi connectivity index (χ0n) is 11.9. The van der Waals surface area contributed by atoms with E-state index in [0.717, 1.165) is 32.0 Å². The summed E-state index contributed by atoms with van der Waals surface area (Å²) in [5.74, 6) is 0.724. The van der Waals surface area contributed by atoms with Crippen molar-refractivity contribution in [3.05, 3.63) is 0 Å². The minimum absolute atomic E-state index is 0.196. The molecule has 0 amide bonds. The van der Waals surface area contributed by atoms with E-state index in [4.69, 9.17) is 0 Å². The van der Waals surface area contributed by atoms with E-state index < -0.39 is 0 Å². The van der Waals surface area contributed by atoms with Crippen molar-refractivity contribution < 1.29 is 4.39 Å². The second kappa shape index (κ2) is 6.69. The van der Waals surface area contributed by atoms with Gasteiger partial charge >= 0.3 is 0 Å². The molecule has 3 heteroatoms. The van der Waals surface area contributed by atoms with Crippen molar-refractivity contribution in [3.8, 4) is 0 Å². The molecular formula is C14H29FN2. The van der Waals surface area contributed by atoms with E-state index in [2.05, 4.69) is 37.9 Å². The Morgan fingerprint density at radius 3 is 2.71 bits per heavy atom. The largest absolute Gasteiger partial charge is 0.311 e. The third-order valence-corrected chi connectivity index (χ3v) is 4.06. The molecule has 1 N–H and O–H groups in total. The van der Waals surface area contributed by atoms with E-state index in [0.29, 0.717) is 12.5 Å². The Morgan fingerprint density at radius 2 is 2.18 bits per heavy atom. The van der Waals surface area contributed by atoms with Gasteiger partial charge in [0.1, 0.15) is 0 Å². The summed E-state index contributed by atoms with van der Waals surface area (Å²) in [5, 5.41) is 3.66. The lowest BCUT2D eigenvalue weighted by Gasteiger charge is -2.48. The summed E-state index contributed by atoms with van der Waals surface area (Å²) in [5.41, 5.74) is 0.211. The van der Waals surface area contributed by atoms with Gasteiger partial charge in [-0.1, -0.05) is 20.8 Å². The summed E-state index contributed by atoms with van der Waals surface area (Å²) in [6.07, 6.45) is 3.01. The number of hydrogen-bond donors (Lipinski definition) is 1. The lowest BCUT2D eigenvalue weighted by atomic mass is 9.90. The topological polar surface area (TPSA) is 15.3 Å². The highest BCUT2D eigenvalue weighted by Gasteiger charge is 2.35. The Labute approximate surface area is 106 Å². The van der Waals surface area contributed by atoms with Crippen LogP contribution in [0.3, 0.4) is 0 Å². The van der Waals surface area contributed by atoms with Gasteiger partial charge in [-0.3, -0.25) is 9.29 Å². The van der Waals surface area contributed by atoms with Crippen molar-refractivity contribution in [2.75, 3.05) is 26.3 Å². The Morgan fingerprint density at radius 1 is 1.47 bits per heavy atom. The number of nitrogens with one attached hydrogen (secondary N) is 1. The highest BCUT2D eigenvalue weighted by molar-refractivity contribution is 4.95. The van der Waals surface area contributed by atoms with Gasteiger partial charge in [0.25, 0.3) is 0 Å². The molecule has 1 rings (SSSR count). The molecule has 102 valence electrons. The molecule has 1 aliphatic rings. The fourth-order valence-electron chi connectivity index (χ4n) is 2.71. The molecule has 0 aliphatic carbocycles. The predicted octanol–water partition coefficient (Wildman–Crippen LogP) is 2.83. The molecule has 1 aliphatic heterocycles. The number of halogens is 1. The van der Waals surface area contributed by atoms with Gasteiger partial charge in [0.2, 0.25) is 0 Å². The first-order valence-electron chi connectivity index (χ1n) is 7.06. The van der Waals surface area contributed by atoms with Crippen molar-refractivity contribution in [1.82, 2.24) is 10.2 Å². The van der Waals surface area contributed by atoms with Crippen LogP contribution in [0.15, 0.2) is 0 Å². The summed E-state index contributed by atoms with van der Waals surface area (Å²) in [6.45, 7) is 11.9. The molecule has 1 heterocycles. The molecule has 1 fully saturated rings. The van der Waals surface area contributed by atoms with Crippen LogP contribution in [-0.2, 0) is 0 Å². The SMILES string of the molecule is CCC1(C)CNC(CC(C)C)CN1CCCF. The molecule has 2 atom stereocenters. The highest BCUT2D eigenvalue weighted by atomic mass is 19.1. The quantitative estimate of drug-likeness (QED) is 0.773. The minimum atomic E-state index is -0.196. The van der Waals surface area contributed by atoms with E-state index in [9.17, 15) is 4.39 Å². The van der Waals surface area contributed by atoms with Gasteiger partial charge in [0.05, 0.1) is 6.67 Å². The van der Waals surface area contributed by atoms with Gasteiger partial charge in [-0.25, -0.2) is 0 Å². The third kappa shape index (κ3) is 4.22. The van der Waals surface area contributed by atoms with Crippen LogP contribution in [0.5, 0.6) is 0 Å². The Hall–Kier alpha value is -0.150. The summed E-state index contributed by atoms with van der Waals surface area (Å²) in [4.78, 5) is 2.50. The molecule has 17 heavy (non-hydrogen) atoms. The summed E-state index contributed by atoms with van der Waals surface area (Å²) in [7, 11) is 0. The maximum Gasteiger partial charge on any atom is 0.0906 e. The maximum atomic E-state index is 12.4. The average Bonchev–Trinajstić information content (AvgIpc) is 2.29. The Balaban J connectivity index is 2.56. The van der Waals surface area contributed by atoms with Crippen molar-refractivity contribution in [2.24, 2.45) is 5.92 Å².